The Morgan fingerprint density at radius 1 is 1.21 bits per heavy atom. The van der Waals surface area contributed by atoms with Gasteiger partial charge in [-0.25, -0.2) is 0 Å². The molecule has 0 saturated heterocycles. The number of hydrogen-bond acceptors (Lipinski definition) is 7. The van der Waals surface area contributed by atoms with Crippen molar-refractivity contribution in [2.75, 3.05) is 12.0 Å². The Bertz CT molecular complexity index is 1210. The molecular weight excluding hydrogens is 428 g/mol. The molecular formula is C20H16N2O4S3. The van der Waals surface area contributed by atoms with Gasteiger partial charge in [0.1, 0.15) is 9.57 Å². The minimum atomic E-state index is -0.670. The quantitative estimate of drug-likeness (QED) is 0.214. The summed E-state index contributed by atoms with van der Waals surface area (Å²) in [5, 5.41) is 11.3. The van der Waals surface area contributed by atoms with Crippen LogP contribution < -0.4 is 9.64 Å². The van der Waals surface area contributed by atoms with Gasteiger partial charge in [-0.05, 0) is 38.1 Å². The van der Waals surface area contributed by atoms with Gasteiger partial charge in [0.25, 0.3) is 11.6 Å². The third-order valence-corrected chi connectivity index (χ3v) is 8.30. The number of nitro groups is 1. The van der Waals surface area contributed by atoms with Gasteiger partial charge in [0.15, 0.2) is 0 Å². The van der Waals surface area contributed by atoms with E-state index in [1.165, 1.54) is 32.8 Å². The number of fused-ring (bicyclic) bond motifs is 3. The fourth-order valence-electron chi connectivity index (χ4n) is 3.58. The number of non-ortho nitro benzene ring substituents is 1. The molecule has 1 aromatic heterocycles. The standard InChI is InChI=1S/C20H16N2O4S3/c1-20(2)17-16(19(27)29-28-17)14-10-12(22(24)25)7-8-15(14)21(20)18(23)11-5-4-6-13(9-11)26-3/h4-10H,1-3H3. The summed E-state index contributed by atoms with van der Waals surface area (Å²) in [6.45, 7) is 3.93. The lowest BCUT2D eigenvalue weighted by Crippen LogP contribution is -2.47. The Morgan fingerprint density at radius 3 is 2.66 bits per heavy atom. The first kappa shape index (κ1) is 19.7. The largest absolute Gasteiger partial charge is 0.497 e. The summed E-state index contributed by atoms with van der Waals surface area (Å²) in [5.41, 5.74) is 1.81. The highest BCUT2D eigenvalue weighted by Crippen LogP contribution is 2.53. The van der Waals surface area contributed by atoms with E-state index in [0.29, 0.717) is 26.4 Å². The number of rotatable bonds is 3. The molecule has 0 N–H and O–H groups in total. The van der Waals surface area contributed by atoms with Crippen molar-refractivity contribution in [3.05, 3.63) is 66.8 Å². The number of anilines is 1. The number of hydrogen-bond donors (Lipinski definition) is 0. The van der Waals surface area contributed by atoms with Crippen LogP contribution in [0.25, 0.3) is 11.1 Å². The summed E-state index contributed by atoms with van der Waals surface area (Å²) in [6, 6.07) is 11.5. The minimum Gasteiger partial charge on any atom is -0.497 e. The lowest BCUT2D eigenvalue weighted by atomic mass is 9.86. The van der Waals surface area contributed by atoms with Crippen molar-refractivity contribution in [2.24, 2.45) is 0 Å². The number of carbonyl (C=O) groups excluding carboxylic acids is 1. The van der Waals surface area contributed by atoms with Crippen molar-refractivity contribution >= 4 is 50.2 Å². The van der Waals surface area contributed by atoms with E-state index in [4.69, 9.17) is 17.0 Å². The van der Waals surface area contributed by atoms with E-state index in [-0.39, 0.29) is 11.6 Å². The van der Waals surface area contributed by atoms with Crippen molar-refractivity contribution in [3.8, 4) is 16.9 Å². The van der Waals surface area contributed by atoms with Gasteiger partial charge in [-0.15, -0.1) is 0 Å². The van der Waals surface area contributed by atoms with Crippen LogP contribution in [0.2, 0.25) is 0 Å². The molecule has 1 amide bonds. The average Bonchev–Trinajstić information content (AvgIpc) is 3.10. The fraction of sp³-hybridized carbons (Fsp3) is 0.200. The molecule has 4 rings (SSSR count). The Labute approximate surface area is 179 Å². The topological polar surface area (TPSA) is 72.7 Å². The molecule has 148 valence electrons. The molecule has 2 aromatic carbocycles. The highest BCUT2D eigenvalue weighted by Gasteiger charge is 2.43. The zero-order chi connectivity index (χ0) is 20.9. The van der Waals surface area contributed by atoms with Gasteiger partial charge < -0.3 is 4.74 Å². The Balaban J connectivity index is 1.97. The van der Waals surface area contributed by atoms with Gasteiger partial charge in [-0.2, -0.15) is 0 Å². The Morgan fingerprint density at radius 2 is 1.97 bits per heavy atom. The van der Waals surface area contributed by atoms with E-state index < -0.39 is 10.5 Å². The second kappa shape index (κ2) is 7.01. The number of nitrogens with zero attached hydrogens (tertiary/aromatic N) is 2. The van der Waals surface area contributed by atoms with E-state index >= 15 is 0 Å². The van der Waals surface area contributed by atoms with Crippen LogP contribution in [-0.2, 0) is 5.54 Å². The maximum absolute atomic E-state index is 13.6. The number of benzene rings is 2. The van der Waals surface area contributed by atoms with Gasteiger partial charge in [0.2, 0.25) is 0 Å². The summed E-state index contributed by atoms with van der Waals surface area (Å²) >= 11 is 5.53. The highest BCUT2D eigenvalue weighted by atomic mass is 32.9. The summed E-state index contributed by atoms with van der Waals surface area (Å²) in [5.74, 6) is 0.375. The molecule has 0 aliphatic carbocycles. The van der Waals surface area contributed by atoms with Crippen LogP contribution in [0, 0.1) is 13.9 Å². The van der Waals surface area contributed by atoms with Crippen molar-refractivity contribution in [1.29, 1.82) is 0 Å². The van der Waals surface area contributed by atoms with E-state index in [2.05, 4.69) is 0 Å². The zero-order valence-corrected chi connectivity index (χ0v) is 18.2. The van der Waals surface area contributed by atoms with E-state index in [9.17, 15) is 14.9 Å². The predicted octanol–water partition coefficient (Wildman–Crippen LogP) is 6.02. The Kier molecular flexibility index (Phi) is 4.76. The van der Waals surface area contributed by atoms with Crippen LogP contribution >= 0.6 is 32.9 Å². The lowest BCUT2D eigenvalue weighted by molar-refractivity contribution is -0.384. The number of nitro benzene ring substituents is 1. The van der Waals surface area contributed by atoms with Crippen molar-refractivity contribution in [2.45, 2.75) is 19.4 Å². The van der Waals surface area contributed by atoms with E-state index in [0.717, 1.165) is 10.4 Å². The monoisotopic (exact) mass is 444 g/mol. The van der Waals surface area contributed by atoms with Crippen LogP contribution in [-0.4, -0.2) is 17.9 Å². The number of carbonyl (C=O) groups is 1. The van der Waals surface area contributed by atoms with Gasteiger partial charge >= 0.3 is 0 Å². The summed E-state index contributed by atoms with van der Waals surface area (Å²) in [7, 11) is 4.50. The molecule has 2 heterocycles. The first-order valence-electron chi connectivity index (χ1n) is 8.66. The molecule has 0 unspecified atom stereocenters. The van der Waals surface area contributed by atoms with Crippen LogP contribution in [0.3, 0.4) is 0 Å². The highest BCUT2D eigenvalue weighted by molar-refractivity contribution is 7.80. The molecule has 0 saturated carbocycles. The maximum atomic E-state index is 13.6. The van der Waals surface area contributed by atoms with Gasteiger partial charge in [-0.1, -0.05) is 39.0 Å². The molecule has 9 heteroatoms. The number of ether oxygens (including phenoxy) is 1. The molecule has 29 heavy (non-hydrogen) atoms. The summed E-state index contributed by atoms with van der Waals surface area (Å²) in [4.78, 5) is 27.1. The van der Waals surface area contributed by atoms with Crippen molar-refractivity contribution in [1.82, 2.24) is 0 Å². The zero-order valence-electron chi connectivity index (χ0n) is 15.8. The normalized spacial score (nSPS) is 14.1. The molecule has 0 bridgehead atoms. The van der Waals surface area contributed by atoms with Crippen molar-refractivity contribution in [3.63, 3.8) is 0 Å². The van der Waals surface area contributed by atoms with E-state index in [1.54, 1.807) is 42.3 Å². The number of methoxy groups -OCH3 is 1. The van der Waals surface area contributed by atoms with Gasteiger partial charge in [0, 0.05) is 28.8 Å². The minimum absolute atomic E-state index is 0.0335. The van der Waals surface area contributed by atoms with Crippen molar-refractivity contribution < 1.29 is 14.5 Å². The third kappa shape index (κ3) is 3.06. The SMILES string of the molecule is COc1cccc(C(=O)N2c3ccc([N+](=O)[O-])cc3-c3c(ssc3=S)C2(C)C)c1. The smallest absolute Gasteiger partial charge is 0.270 e. The molecule has 6 nitrogen and oxygen atoms in total. The first-order chi connectivity index (χ1) is 13.8. The molecule has 0 radical (unpaired) electrons. The first-order valence-corrected chi connectivity index (χ1v) is 11.2. The van der Waals surface area contributed by atoms with Crippen LogP contribution in [0.15, 0.2) is 42.5 Å². The van der Waals surface area contributed by atoms with E-state index in [1.807, 2.05) is 13.8 Å². The van der Waals surface area contributed by atoms with Gasteiger partial charge in [0.05, 0.1) is 28.1 Å². The average molecular weight is 445 g/mol. The molecule has 0 fully saturated rings. The molecule has 0 spiro atoms. The van der Waals surface area contributed by atoms with Crippen LogP contribution in [0.4, 0.5) is 11.4 Å². The second-order valence-corrected chi connectivity index (χ2v) is 9.86. The number of amides is 1. The third-order valence-electron chi connectivity index (χ3n) is 4.97. The maximum Gasteiger partial charge on any atom is 0.270 e. The molecule has 1 aliphatic rings. The summed E-state index contributed by atoms with van der Waals surface area (Å²) in [6.07, 6.45) is 0. The molecule has 0 atom stereocenters. The summed E-state index contributed by atoms with van der Waals surface area (Å²) < 4.78 is 5.93. The fourth-order valence-corrected chi connectivity index (χ4v) is 6.86. The van der Waals surface area contributed by atoms with Crippen LogP contribution in [0.1, 0.15) is 29.1 Å². The molecule has 3 aromatic rings. The lowest BCUT2D eigenvalue weighted by Gasteiger charge is -2.42. The Hall–Kier alpha value is -2.62. The predicted molar refractivity (Wildman–Crippen MR) is 118 cm³/mol. The van der Waals surface area contributed by atoms with Gasteiger partial charge in [-0.3, -0.25) is 19.8 Å². The van der Waals surface area contributed by atoms with Crippen LogP contribution in [0.5, 0.6) is 5.75 Å². The second-order valence-electron chi connectivity index (χ2n) is 7.05. The molecule has 1 aliphatic heterocycles.